The number of halogens is 1. The van der Waals surface area contributed by atoms with Gasteiger partial charge in [0.1, 0.15) is 0 Å². The molecule has 0 saturated carbocycles. The minimum atomic E-state index is 0.0580. The molecule has 0 aliphatic carbocycles. The number of hydrogen-bond donors (Lipinski definition) is 0. The lowest BCUT2D eigenvalue weighted by molar-refractivity contribution is 0.619. The average Bonchev–Trinajstić information content (AvgIpc) is 2.43. The second-order valence-corrected chi connectivity index (χ2v) is 2.98. The van der Waals surface area contributed by atoms with Crippen LogP contribution in [0.15, 0.2) is 17.2 Å². The molecule has 0 amide bonds. The SMILES string of the molecule is CCn1ccn(CCCCl)c1=O. The lowest BCUT2D eigenvalue weighted by atomic mass is 10.5. The summed E-state index contributed by atoms with van der Waals surface area (Å²) in [5.74, 6) is 0.601. The Balaban J connectivity index is 2.73. The van der Waals surface area contributed by atoms with Gasteiger partial charge in [0, 0.05) is 31.4 Å². The molecule has 12 heavy (non-hydrogen) atoms. The largest absolute Gasteiger partial charge is 0.328 e. The first-order chi connectivity index (χ1) is 5.79. The second kappa shape index (κ2) is 4.36. The van der Waals surface area contributed by atoms with E-state index in [0.717, 1.165) is 19.5 Å². The standard InChI is InChI=1S/C8H13ClN2O/c1-2-10-6-7-11(8(10)12)5-3-4-9/h6-7H,2-5H2,1H3. The molecule has 3 nitrogen and oxygen atoms in total. The van der Waals surface area contributed by atoms with Gasteiger partial charge >= 0.3 is 5.69 Å². The highest BCUT2D eigenvalue weighted by molar-refractivity contribution is 6.17. The first-order valence-corrected chi connectivity index (χ1v) is 4.64. The van der Waals surface area contributed by atoms with E-state index in [4.69, 9.17) is 11.6 Å². The van der Waals surface area contributed by atoms with Crippen LogP contribution in [0.5, 0.6) is 0 Å². The van der Waals surface area contributed by atoms with Crippen LogP contribution in [0.4, 0.5) is 0 Å². The van der Waals surface area contributed by atoms with Gasteiger partial charge in [0.25, 0.3) is 0 Å². The Labute approximate surface area is 76.6 Å². The molecule has 0 aliphatic rings. The minimum absolute atomic E-state index is 0.0580. The number of aromatic nitrogens is 2. The summed E-state index contributed by atoms with van der Waals surface area (Å²) in [6, 6.07) is 0. The number of imidazole rings is 1. The Hall–Kier alpha value is -0.700. The summed E-state index contributed by atoms with van der Waals surface area (Å²) in [4.78, 5) is 11.4. The highest BCUT2D eigenvalue weighted by Gasteiger charge is 1.99. The fraction of sp³-hybridized carbons (Fsp3) is 0.625. The predicted molar refractivity (Wildman–Crippen MR) is 49.7 cm³/mol. The third kappa shape index (κ3) is 1.91. The van der Waals surface area contributed by atoms with Crippen molar-refractivity contribution in [3.05, 3.63) is 22.9 Å². The molecule has 68 valence electrons. The van der Waals surface area contributed by atoms with Gasteiger partial charge in [0.2, 0.25) is 0 Å². The molecule has 0 unspecified atom stereocenters. The van der Waals surface area contributed by atoms with Gasteiger partial charge in [-0.05, 0) is 13.3 Å². The Bertz CT molecular complexity index is 289. The molecule has 0 radical (unpaired) electrons. The number of alkyl halides is 1. The molecule has 4 heteroatoms. The van der Waals surface area contributed by atoms with Crippen molar-refractivity contribution in [3.8, 4) is 0 Å². The van der Waals surface area contributed by atoms with Crippen LogP contribution in [-0.4, -0.2) is 15.0 Å². The van der Waals surface area contributed by atoms with Gasteiger partial charge in [-0.1, -0.05) is 0 Å². The summed E-state index contributed by atoms with van der Waals surface area (Å²) >= 11 is 5.52. The molecule has 0 aromatic carbocycles. The lowest BCUT2D eigenvalue weighted by Crippen LogP contribution is -2.23. The summed E-state index contributed by atoms with van der Waals surface area (Å²) < 4.78 is 3.36. The van der Waals surface area contributed by atoms with E-state index in [0.29, 0.717) is 5.88 Å². The highest BCUT2D eigenvalue weighted by atomic mass is 35.5. The summed E-state index contributed by atoms with van der Waals surface area (Å²) in [6.07, 6.45) is 4.45. The van der Waals surface area contributed by atoms with Gasteiger partial charge in [-0.2, -0.15) is 0 Å². The summed E-state index contributed by atoms with van der Waals surface area (Å²) in [6.45, 7) is 3.40. The monoisotopic (exact) mass is 188 g/mol. The van der Waals surface area contributed by atoms with Crippen molar-refractivity contribution in [1.29, 1.82) is 0 Å². The van der Waals surface area contributed by atoms with Gasteiger partial charge in [-0.15, -0.1) is 11.6 Å². The Morgan fingerprint density at radius 2 is 2.08 bits per heavy atom. The summed E-state index contributed by atoms with van der Waals surface area (Å²) in [7, 11) is 0. The molecule has 0 bridgehead atoms. The third-order valence-corrected chi connectivity index (χ3v) is 2.06. The van der Waals surface area contributed by atoms with E-state index in [9.17, 15) is 4.79 Å². The van der Waals surface area contributed by atoms with E-state index >= 15 is 0 Å². The zero-order valence-corrected chi connectivity index (χ0v) is 7.92. The average molecular weight is 189 g/mol. The van der Waals surface area contributed by atoms with Crippen molar-refractivity contribution in [1.82, 2.24) is 9.13 Å². The Kier molecular flexibility index (Phi) is 3.41. The van der Waals surface area contributed by atoms with E-state index in [1.165, 1.54) is 0 Å². The van der Waals surface area contributed by atoms with Gasteiger partial charge in [0.15, 0.2) is 0 Å². The predicted octanol–water partition coefficient (Wildman–Crippen LogP) is 1.30. The van der Waals surface area contributed by atoms with Crippen LogP contribution in [0.2, 0.25) is 0 Å². The van der Waals surface area contributed by atoms with Gasteiger partial charge in [-0.25, -0.2) is 4.79 Å². The fourth-order valence-electron chi connectivity index (χ4n) is 1.09. The van der Waals surface area contributed by atoms with Crippen molar-refractivity contribution >= 4 is 11.6 Å². The van der Waals surface area contributed by atoms with Gasteiger partial charge in [-0.3, -0.25) is 9.13 Å². The van der Waals surface area contributed by atoms with Crippen LogP contribution in [0.25, 0.3) is 0 Å². The molecule has 0 fully saturated rings. The molecule has 0 aliphatic heterocycles. The van der Waals surface area contributed by atoms with Crippen LogP contribution in [0, 0.1) is 0 Å². The molecular formula is C8H13ClN2O. The molecule has 1 heterocycles. The zero-order valence-electron chi connectivity index (χ0n) is 7.16. The van der Waals surface area contributed by atoms with E-state index in [1.54, 1.807) is 21.5 Å². The lowest BCUT2D eigenvalue weighted by Gasteiger charge is -1.97. The van der Waals surface area contributed by atoms with Crippen molar-refractivity contribution in [2.24, 2.45) is 0 Å². The normalized spacial score (nSPS) is 10.5. The smallest absolute Gasteiger partial charge is 0.300 e. The number of rotatable bonds is 4. The molecular weight excluding hydrogens is 176 g/mol. The molecule has 0 saturated heterocycles. The topological polar surface area (TPSA) is 26.9 Å². The van der Waals surface area contributed by atoms with Crippen molar-refractivity contribution in [2.45, 2.75) is 26.4 Å². The summed E-state index contributed by atoms with van der Waals surface area (Å²) in [5, 5.41) is 0. The van der Waals surface area contributed by atoms with Crippen LogP contribution in [-0.2, 0) is 13.1 Å². The van der Waals surface area contributed by atoms with Crippen LogP contribution in [0.3, 0.4) is 0 Å². The van der Waals surface area contributed by atoms with Crippen molar-refractivity contribution in [2.75, 3.05) is 5.88 Å². The fourth-order valence-corrected chi connectivity index (χ4v) is 1.21. The maximum absolute atomic E-state index is 11.4. The minimum Gasteiger partial charge on any atom is -0.300 e. The van der Waals surface area contributed by atoms with Crippen molar-refractivity contribution in [3.63, 3.8) is 0 Å². The van der Waals surface area contributed by atoms with Gasteiger partial charge in [0.05, 0.1) is 0 Å². The first-order valence-electron chi connectivity index (χ1n) is 4.11. The van der Waals surface area contributed by atoms with Crippen LogP contribution < -0.4 is 5.69 Å². The van der Waals surface area contributed by atoms with E-state index in [2.05, 4.69) is 0 Å². The van der Waals surface area contributed by atoms with E-state index in [-0.39, 0.29) is 5.69 Å². The quantitative estimate of drug-likeness (QED) is 0.655. The summed E-state index contributed by atoms with van der Waals surface area (Å²) in [5.41, 5.74) is 0.0580. The Morgan fingerprint density at radius 3 is 2.58 bits per heavy atom. The number of hydrogen-bond acceptors (Lipinski definition) is 1. The van der Waals surface area contributed by atoms with Crippen LogP contribution >= 0.6 is 11.6 Å². The molecule has 1 aromatic rings. The molecule has 1 rings (SSSR count). The second-order valence-electron chi connectivity index (χ2n) is 2.60. The zero-order chi connectivity index (χ0) is 8.97. The first kappa shape index (κ1) is 9.39. The van der Waals surface area contributed by atoms with Gasteiger partial charge < -0.3 is 0 Å². The molecule has 0 atom stereocenters. The van der Waals surface area contributed by atoms with E-state index in [1.807, 2.05) is 6.92 Å². The highest BCUT2D eigenvalue weighted by Crippen LogP contribution is 1.90. The van der Waals surface area contributed by atoms with E-state index < -0.39 is 0 Å². The molecule has 1 aromatic heterocycles. The number of aryl methyl sites for hydroxylation is 2. The maximum Gasteiger partial charge on any atom is 0.328 e. The van der Waals surface area contributed by atoms with Crippen LogP contribution in [0.1, 0.15) is 13.3 Å². The maximum atomic E-state index is 11.4. The molecule has 0 N–H and O–H groups in total. The van der Waals surface area contributed by atoms with Crippen molar-refractivity contribution < 1.29 is 0 Å². The third-order valence-electron chi connectivity index (χ3n) is 1.79. The Morgan fingerprint density at radius 1 is 1.42 bits per heavy atom. The molecule has 0 spiro atoms. The number of nitrogens with zero attached hydrogens (tertiary/aromatic N) is 2.